The molecule has 10 heteroatoms. The Hall–Kier alpha value is -3.07. The molecule has 0 aromatic heterocycles. The van der Waals surface area contributed by atoms with E-state index in [-0.39, 0.29) is 39.1 Å². The van der Waals surface area contributed by atoms with Crippen LogP contribution in [0.3, 0.4) is 0 Å². The molecule has 0 radical (unpaired) electrons. The van der Waals surface area contributed by atoms with Crippen molar-refractivity contribution in [3.05, 3.63) is 94.0 Å². The average molecular weight is 617 g/mol. The van der Waals surface area contributed by atoms with Gasteiger partial charge in [-0.1, -0.05) is 90.5 Å². The van der Waals surface area contributed by atoms with Gasteiger partial charge in [-0.2, -0.15) is 0 Å². The molecule has 0 bridgehead atoms. The zero-order valence-electron chi connectivity index (χ0n) is 23.2. The molecule has 1 N–H and O–H groups in total. The molecular weight excluding hydrogens is 581 g/mol. The van der Waals surface area contributed by atoms with Crippen LogP contribution in [-0.2, 0) is 26.2 Å². The highest BCUT2D eigenvalue weighted by Gasteiger charge is 2.33. The van der Waals surface area contributed by atoms with E-state index in [2.05, 4.69) is 5.32 Å². The van der Waals surface area contributed by atoms with Crippen molar-refractivity contribution in [2.75, 3.05) is 10.8 Å². The number of carbonyl (C=O) groups is 2. The molecule has 1 aliphatic carbocycles. The van der Waals surface area contributed by atoms with Crippen LogP contribution in [0.5, 0.6) is 0 Å². The van der Waals surface area contributed by atoms with Crippen molar-refractivity contribution < 1.29 is 18.0 Å². The minimum Gasteiger partial charge on any atom is -0.352 e. The van der Waals surface area contributed by atoms with Gasteiger partial charge in [0.15, 0.2) is 0 Å². The highest BCUT2D eigenvalue weighted by molar-refractivity contribution is 7.92. The van der Waals surface area contributed by atoms with Crippen molar-refractivity contribution in [3.63, 3.8) is 0 Å². The van der Waals surface area contributed by atoms with Gasteiger partial charge in [-0.15, -0.1) is 0 Å². The van der Waals surface area contributed by atoms with Crippen LogP contribution >= 0.6 is 23.2 Å². The van der Waals surface area contributed by atoms with Crippen LogP contribution in [0.2, 0.25) is 10.0 Å². The van der Waals surface area contributed by atoms with Crippen LogP contribution in [0.15, 0.2) is 77.7 Å². The summed E-state index contributed by atoms with van der Waals surface area (Å²) in [5.41, 5.74) is 1.99. The smallest absolute Gasteiger partial charge is 0.264 e. The number of halogens is 2. The van der Waals surface area contributed by atoms with E-state index in [9.17, 15) is 18.0 Å². The lowest BCUT2D eigenvalue weighted by Crippen LogP contribution is -2.53. The number of carbonyl (C=O) groups excluding carboxylic acids is 2. The van der Waals surface area contributed by atoms with E-state index in [4.69, 9.17) is 23.2 Å². The van der Waals surface area contributed by atoms with Crippen LogP contribution in [0.1, 0.15) is 50.2 Å². The van der Waals surface area contributed by atoms with Crippen LogP contribution in [0, 0.1) is 6.92 Å². The van der Waals surface area contributed by atoms with E-state index in [0.717, 1.165) is 47.5 Å². The van der Waals surface area contributed by atoms with Crippen LogP contribution in [0.4, 0.5) is 5.69 Å². The van der Waals surface area contributed by atoms with Gasteiger partial charge in [0.05, 0.1) is 10.6 Å². The normalized spacial score (nSPS) is 14.7. The van der Waals surface area contributed by atoms with Gasteiger partial charge < -0.3 is 10.2 Å². The monoisotopic (exact) mass is 615 g/mol. The lowest BCUT2D eigenvalue weighted by Gasteiger charge is -2.33. The summed E-state index contributed by atoms with van der Waals surface area (Å²) in [6.07, 6.45) is 5.07. The fourth-order valence-corrected chi connectivity index (χ4v) is 7.02. The zero-order chi connectivity index (χ0) is 29.6. The summed E-state index contributed by atoms with van der Waals surface area (Å²) in [4.78, 5) is 28.9. The molecular formula is C31H35Cl2N3O4S. The first-order chi connectivity index (χ1) is 19.5. The van der Waals surface area contributed by atoms with E-state index < -0.39 is 28.5 Å². The minimum absolute atomic E-state index is 0.0113. The highest BCUT2D eigenvalue weighted by atomic mass is 35.5. The molecule has 0 spiro atoms. The maximum Gasteiger partial charge on any atom is 0.264 e. The lowest BCUT2D eigenvalue weighted by atomic mass is 9.95. The molecule has 1 fully saturated rings. The Bertz CT molecular complexity index is 1460. The number of nitrogens with zero attached hydrogens (tertiary/aromatic N) is 2. The molecule has 0 unspecified atom stereocenters. The molecule has 218 valence electrons. The first kappa shape index (κ1) is 30.9. The predicted octanol–water partition coefficient (Wildman–Crippen LogP) is 6.36. The number of hydrogen-bond donors (Lipinski definition) is 1. The fourth-order valence-electron chi connectivity index (χ4n) is 5.09. The van der Waals surface area contributed by atoms with E-state index in [1.54, 1.807) is 25.1 Å². The molecule has 7 nitrogen and oxygen atoms in total. The zero-order valence-corrected chi connectivity index (χ0v) is 25.6. The molecule has 1 saturated carbocycles. The number of hydrogen-bond acceptors (Lipinski definition) is 4. The first-order valence-corrected chi connectivity index (χ1v) is 15.9. The Morgan fingerprint density at radius 3 is 2.22 bits per heavy atom. The molecule has 3 aromatic carbocycles. The number of anilines is 1. The van der Waals surface area contributed by atoms with Gasteiger partial charge in [0.2, 0.25) is 11.8 Å². The fraction of sp³-hybridized carbons (Fsp3) is 0.355. The largest absolute Gasteiger partial charge is 0.352 e. The molecule has 41 heavy (non-hydrogen) atoms. The Morgan fingerprint density at radius 2 is 1.59 bits per heavy atom. The Balaban J connectivity index is 1.69. The molecule has 2 amide bonds. The van der Waals surface area contributed by atoms with Crippen LogP contribution in [0.25, 0.3) is 0 Å². The maximum atomic E-state index is 14.1. The van der Waals surface area contributed by atoms with Gasteiger partial charge in [0.1, 0.15) is 12.6 Å². The second-order valence-electron chi connectivity index (χ2n) is 10.5. The molecule has 1 aliphatic rings. The van der Waals surface area contributed by atoms with Crippen LogP contribution < -0.4 is 9.62 Å². The Morgan fingerprint density at radius 1 is 0.927 bits per heavy atom. The number of amides is 2. The number of aryl methyl sites for hydroxylation is 1. The second kappa shape index (κ2) is 13.7. The number of rotatable bonds is 10. The van der Waals surface area contributed by atoms with E-state index in [0.29, 0.717) is 0 Å². The Kier molecular flexibility index (Phi) is 10.3. The van der Waals surface area contributed by atoms with Gasteiger partial charge >= 0.3 is 0 Å². The summed E-state index contributed by atoms with van der Waals surface area (Å²) in [5.74, 6) is -0.797. The van der Waals surface area contributed by atoms with Crippen molar-refractivity contribution in [3.8, 4) is 0 Å². The summed E-state index contributed by atoms with van der Waals surface area (Å²) < 4.78 is 28.7. The van der Waals surface area contributed by atoms with Gasteiger partial charge in [0.25, 0.3) is 10.0 Å². The quantitative estimate of drug-likeness (QED) is 0.287. The SMILES string of the molecule is Cc1cccc(CN(C(=O)CN(c2cc(Cl)cc(Cl)c2)S(=O)(=O)c2ccccc2)[C@@H](C)C(=O)NC2CCCCC2)c1. The van der Waals surface area contributed by atoms with Gasteiger partial charge in [0, 0.05) is 22.6 Å². The molecule has 3 aromatic rings. The predicted molar refractivity (Wildman–Crippen MR) is 164 cm³/mol. The first-order valence-electron chi connectivity index (χ1n) is 13.7. The lowest BCUT2D eigenvalue weighted by molar-refractivity contribution is -0.139. The molecule has 0 saturated heterocycles. The number of benzene rings is 3. The molecule has 4 rings (SSSR count). The third-order valence-corrected chi connectivity index (χ3v) is 9.52. The summed E-state index contributed by atoms with van der Waals surface area (Å²) in [5, 5.41) is 3.56. The highest BCUT2D eigenvalue weighted by Crippen LogP contribution is 2.30. The van der Waals surface area contributed by atoms with Crippen LogP contribution in [-0.4, -0.2) is 43.8 Å². The van der Waals surface area contributed by atoms with E-state index in [1.807, 2.05) is 31.2 Å². The number of nitrogens with one attached hydrogen (secondary N) is 1. The topological polar surface area (TPSA) is 86.8 Å². The Labute approximate surface area is 252 Å². The summed E-state index contributed by atoms with van der Waals surface area (Å²) >= 11 is 12.5. The third-order valence-electron chi connectivity index (χ3n) is 7.30. The number of sulfonamides is 1. The minimum atomic E-state index is -4.20. The van der Waals surface area contributed by atoms with Gasteiger partial charge in [-0.25, -0.2) is 8.42 Å². The third kappa shape index (κ3) is 8.03. The second-order valence-corrected chi connectivity index (χ2v) is 13.2. The average Bonchev–Trinajstić information content (AvgIpc) is 2.94. The van der Waals surface area contributed by atoms with Crippen molar-refractivity contribution in [1.82, 2.24) is 10.2 Å². The standard InChI is InChI=1S/C31H35Cl2N3O4S/c1-22-10-9-11-24(16-22)20-35(23(2)31(38)34-27-12-5-3-6-13-27)30(37)21-36(28-18-25(32)17-26(33)19-28)41(39,40)29-14-7-4-8-15-29/h4,7-11,14-19,23,27H,3,5-6,12-13,20-21H2,1-2H3,(H,34,38)/t23-/m0/s1. The molecule has 0 heterocycles. The summed E-state index contributed by atoms with van der Waals surface area (Å²) in [7, 11) is -4.20. The van der Waals surface area contributed by atoms with Crippen molar-refractivity contribution >= 4 is 50.7 Å². The molecule has 0 aliphatic heterocycles. The molecule has 1 atom stereocenters. The van der Waals surface area contributed by atoms with Gasteiger partial charge in [-0.05, 0) is 62.6 Å². The van der Waals surface area contributed by atoms with Crippen molar-refractivity contribution in [2.24, 2.45) is 0 Å². The summed E-state index contributed by atoms with van der Waals surface area (Å²) in [6.45, 7) is 3.21. The van der Waals surface area contributed by atoms with Crippen molar-refractivity contribution in [1.29, 1.82) is 0 Å². The summed E-state index contributed by atoms with van der Waals surface area (Å²) in [6, 6.07) is 19.1. The van der Waals surface area contributed by atoms with E-state index >= 15 is 0 Å². The maximum absolute atomic E-state index is 14.1. The van der Waals surface area contributed by atoms with Crippen molar-refractivity contribution in [2.45, 2.75) is 69.5 Å². The van der Waals surface area contributed by atoms with E-state index in [1.165, 1.54) is 35.2 Å². The van der Waals surface area contributed by atoms with Gasteiger partial charge in [-0.3, -0.25) is 13.9 Å².